The van der Waals surface area contributed by atoms with E-state index in [2.05, 4.69) is 6.92 Å². The highest BCUT2D eigenvalue weighted by atomic mass is 32.2. The molecule has 1 heterocycles. The lowest BCUT2D eigenvalue weighted by atomic mass is 9.67. The molecule has 2 rings (SSSR count). The molecule has 1 saturated heterocycles. The summed E-state index contributed by atoms with van der Waals surface area (Å²) in [5.74, 6) is 0.753. The molecule has 5 heteroatoms. The first-order chi connectivity index (χ1) is 7.41. The fraction of sp³-hybridized carbons (Fsp3) is 1.00. The zero-order valence-corrected chi connectivity index (χ0v) is 10.6. The van der Waals surface area contributed by atoms with Crippen LogP contribution in [0.1, 0.15) is 39.0 Å². The number of ether oxygens (including phenoxy) is 1. The average molecular weight is 247 g/mol. The van der Waals surface area contributed by atoms with Crippen LogP contribution in [-0.2, 0) is 14.8 Å². The van der Waals surface area contributed by atoms with Crippen LogP contribution in [0.25, 0.3) is 0 Å². The Balaban J connectivity index is 2.08. The van der Waals surface area contributed by atoms with Gasteiger partial charge in [0.15, 0.2) is 0 Å². The molecule has 16 heavy (non-hydrogen) atoms. The standard InChI is InChI=1S/C11H21NO3S/c1-9-2-4-11(5-3-9)6-7-15-10(11)8-16(12,13)14/h9-10H,2-8H2,1H3,(H2,12,13,14). The van der Waals surface area contributed by atoms with E-state index >= 15 is 0 Å². The van der Waals surface area contributed by atoms with Crippen molar-refractivity contribution >= 4 is 10.0 Å². The Morgan fingerprint density at radius 2 is 1.94 bits per heavy atom. The molecule has 0 aromatic rings. The second kappa shape index (κ2) is 4.27. The SMILES string of the molecule is CC1CCC2(CCOC2CS(N)(=O)=O)CC1. The van der Waals surface area contributed by atoms with Crippen LogP contribution < -0.4 is 5.14 Å². The number of hydrogen-bond donors (Lipinski definition) is 1. The maximum atomic E-state index is 11.2. The molecule has 2 N–H and O–H groups in total. The van der Waals surface area contributed by atoms with Gasteiger partial charge in [-0.1, -0.05) is 19.8 Å². The van der Waals surface area contributed by atoms with Crippen LogP contribution in [0.3, 0.4) is 0 Å². The normalized spacial score (nSPS) is 40.4. The Bertz CT molecular complexity index is 344. The Labute approximate surface area is 97.6 Å². The molecule has 1 atom stereocenters. The molecule has 1 aliphatic heterocycles. The quantitative estimate of drug-likeness (QED) is 0.798. The maximum absolute atomic E-state index is 11.2. The lowest BCUT2D eigenvalue weighted by molar-refractivity contribution is 0.0361. The van der Waals surface area contributed by atoms with Gasteiger partial charge in [0.25, 0.3) is 0 Å². The fourth-order valence-electron chi connectivity index (χ4n) is 3.09. The number of hydrogen-bond acceptors (Lipinski definition) is 3. The Morgan fingerprint density at radius 3 is 2.50 bits per heavy atom. The molecular weight excluding hydrogens is 226 g/mol. The molecular formula is C11H21NO3S. The predicted octanol–water partition coefficient (Wildman–Crippen LogP) is 1.26. The molecule has 1 unspecified atom stereocenters. The third kappa shape index (κ3) is 2.57. The number of nitrogens with two attached hydrogens (primary N) is 1. The van der Waals surface area contributed by atoms with E-state index in [1.54, 1.807) is 0 Å². The molecule has 1 spiro atoms. The van der Waals surface area contributed by atoms with Crippen LogP contribution >= 0.6 is 0 Å². The Morgan fingerprint density at radius 1 is 1.31 bits per heavy atom. The van der Waals surface area contributed by atoms with Gasteiger partial charge in [0.2, 0.25) is 10.0 Å². The summed E-state index contributed by atoms with van der Waals surface area (Å²) in [6, 6.07) is 0. The van der Waals surface area contributed by atoms with E-state index in [-0.39, 0.29) is 17.3 Å². The number of primary sulfonamides is 1. The van der Waals surface area contributed by atoms with Crippen LogP contribution in [0, 0.1) is 11.3 Å². The zero-order chi connectivity index (χ0) is 11.8. The monoisotopic (exact) mass is 247 g/mol. The van der Waals surface area contributed by atoms with Crippen LogP contribution in [0.2, 0.25) is 0 Å². The van der Waals surface area contributed by atoms with Gasteiger partial charge in [0.05, 0.1) is 11.9 Å². The summed E-state index contributed by atoms with van der Waals surface area (Å²) in [5, 5.41) is 5.12. The van der Waals surface area contributed by atoms with Crippen LogP contribution in [-0.4, -0.2) is 26.9 Å². The van der Waals surface area contributed by atoms with E-state index < -0.39 is 10.0 Å². The van der Waals surface area contributed by atoms with Crippen molar-refractivity contribution in [1.82, 2.24) is 0 Å². The summed E-state index contributed by atoms with van der Waals surface area (Å²) in [6.07, 6.45) is 5.38. The van der Waals surface area contributed by atoms with Gasteiger partial charge in [0.1, 0.15) is 0 Å². The van der Waals surface area contributed by atoms with Crippen molar-refractivity contribution in [3.05, 3.63) is 0 Å². The first-order valence-electron chi connectivity index (χ1n) is 6.03. The molecule has 0 aromatic heterocycles. The minimum atomic E-state index is -3.42. The number of sulfonamides is 1. The summed E-state index contributed by atoms with van der Waals surface area (Å²) >= 11 is 0. The molecule has 1 saturated carbocycles. The molecule has 0 bridgehead atoms. The molecule has 94 valence electrons. The number of rotatable bonds is 2. The summed E-state index contributed by atoms with van der Waals surface area (Å²) < 4.78 is 27.9. The lowest BCUT2D eigenvalue weighted by Gasteiger charge is -2.39. The van der Waals surface area contributed by atoms with Crippen molar-refractivity contribution in [2.24, 2.45) is 16.5 Å². The summed E-state index contributed by atoms with van der Waals surface area (Å²) in [6.45, 7) is 2.95. The van der Waals surface area contributed by atoms with Gasteiger partial charge in [0, 0.05) is 6.61 Å². The average Bonchev–Trinajstić information content (AvgIpc) is 2.52. The highest BCUT2D eigenvalue weighted by Crippen LogP contribution is 2.48. The van der Waals surface area contributed by atoms with Gasteiger partial charge in [-0.2, -0.15) is 0 Å². The highest BCUT2D eigenvalue weighted by Gasteiger charge is 2.46. The smallest absolute Gasteiger partial charge is 0.211 e. The molecule has 0 amide bonds. The van der Waals surface area contributed by atoms with Crippen molar-refractivity contribution in [2.45, 2.75) is 45.1 Å². The van der Waals surface area contributed by atoms with E-state index in [1.807, 2.05) is 0 Å². The van der Waals surface area contributed by atoms with Gasteiger partial charge in [-0.05, 0) is 30.6 Å². The summed E-state index contributed by atoms with van der Waals surface area (Å²) in [5.41, 5.74) is 0.0962. The Kier molecular flexibility index (Phi) is 3.29. The highest BCUT2D eigenvalue weighted by molar-refractivity contribution is 7.89. The minimum Gasteiger partial charge on any atom is -0.377 e. The first kappa shape index (κ1) is 12.3. The molecule has 0 radical (unpaired) electrons. The van der Waals surface area contributed by atoms with E-state index in [4.69, 9.17) is 9.88 Å². The van der Waals surface area contributed by atoms with E-state index in [0.29, 0.717) is 6.61 Å². The molecule has 2 fully saturated rings. The van der Waals surface area contributed by atoms with E-state index in [1.165, 1.54) is 12.8 Å². The first-order valence-corrected chi connectivity index (χ1v) is 7.75. The summed E-state index contributed by atoms with van der Waals surface area (Å²) in [7, 11) is -3.42. The third-order valence-corrected chi connectivity index (χ3v) is 5.02. The van der Waals surface area contributed by atoms with Crippen molar-refractivity contribution in [1.29, 1.82) is 0 Å². The van der Waals surface area contributed by atoms with Crippen LogP contribution in [0.4, 0.5) is 0 Å². The van der Waals surface area contributed by atoms with Crippen molar-refractivity contribution in [3.8, 4) is 0 Å². The predicted molar refractivity (Wildman–Crippen MR) is 62.4 cm³/mol. The lowest BCUT2D eigenvalue weighted by Crippen LogP contribution is -2.40. The van der Waals surface area contributed by atoms with Crippen molar-refractivity contribution in [2.75, 3.05) is 12.4 Å². The van der Waals surface area contributed by atoms with Gasteiger partial charge >= 0.3 is 0 Å². The topological polar surface area (TPSA) is 69.4 Å². The van der Waals surface area contributed by atoms with E-state index in [9.17, 15) is 8.42 Å². The zero-order valence-electron chi connectivity index (χ0n) is 9.81. The largest absolute Gasteiger partial charge is 0.377 e. The van der Waals surface area contributed by atoms with Gasteiger partial charge < -0.3 is 4.74 Å². The second-order valence-electron chi connectivity index (χ2n) is 5.48. The molecule has 1 aliphatic carbocycles. The van der Waals surface area contributed by atoms with Gasteiger partial charge in [-0.3, -0.25) is 0 Å². The third-order valence-electron chi connectivity index (χ3n) is 4.26. The van der Waals surface area contributed by atoms with E-state index in [0.717, 1.165) is 25.2 Å². The molecule has 4 nitrogen and oxygen atoms in total. The Hall–Kier alpha value is -0.130. The van der Waals surface area contributed by atoms with Crippen LogP contribution in [0.5, 0.6) is 0 Å². The summed E-state index contributed by atoms with van der Waals surface area (Å²) in [4.78, 5) is 0. The van der Waals surface area contributed by atoms with Crippen molar-refractivity contribution < 1.29 is 13.2 Å². The molecule has 0 aromatic carbocycles. The van der Waals surface area contributed by atoms with Gasteiger partial charge in [-0.15, -0.1) is 0 Å². The second-order valence-corrected chi connectivity index (χ2v) is 7.14. The van der Waals surface area contributed by atoms with Crippen molar-refractivity contribution in [3.63, 3.8) is 0 Å². The maximum Gasteiger partial charge on any atom is 0.211 e. The fourth-order valence-corrected chi connectivity index (χ4v) is 3.96. The minimum absolute atomic E-state index is 0.0125. The molecule has 2 aliphatic rings. The van der Waals surface area contributed by atoms with Crippen LogP contribution in [0.15, 0.2) is 0 Å². The van der Waals surface area contributed by atoms with Gasteiger partial charge in [-0.25, -0.2) is 13.6 Å².